The van der Waals surface area contributed by atoms with Crippen LogP contribution in [-0.4, -0.2) is 57.5 Å². The Hall–Kier alpha value is -3.12. The normalized spacial score (nSPS) is 21.4. The molecule has 6 nitrogen and oxygen atoms in total. The number of carbonyl (C=O) groups excluding carboxylic acids is 1. The lowest BCUT2D eigenvalue weighted by atomic mass is 9.82. The van der Waals surface area contributed by atoms with Crippen molar-refractivity contribution in [1.82, 2.24) is 9.91 Å². The van der Waals surface area contributed by atoms with Crippen LogP contribution in [0.5, 0.6) is 0 Å². The van der Waals surface area contributed by atoms with Gasteiger partial charge in [-0.05, 0) is 31.9 Å². The van der Waals surface area contributed by atoms with E-state index in [0.29, 0.717) is 13.1 Å². The molecule has 2 aliphatic heterocycles. The van der Waals surface area contributed by atoms with Gasteiger partial charge in [-0.15, -0.1) is 0 Å². The van der Waals surface area contributed by atoms with Gasteiger partial charge in [0.15, 0.2) is 11.5 Å². The van der Waals surface area contributed by atoms with Crippen molar-refractivity contribution in [3.8, 4) is 0 Å². The number of rotatable bonds is 4. The van der Waals surface area contributed by atoms with Crippen molar-refractivity contribution < 1.29 is 15.0 Å². The number of aryl methyl sites for hydroxylation is 2. The molecule has 2 aromatic rings. The fourth-order valence-corrected chi connectivity index (χ4v) is 4.40. The number of nitrogens with zero attached hydrogens (tertiary/aromatic N) is 3. The molecule has 2 atom stereocenters. The molecule has 30 heavy (non-hydrogen) atoms. The second-order valence-corrected chi connectivity index (χ2v) is 8.00. The predicted octanol–water partition coefficient (Wildman–Crippen LogP) is 3.10. The summed E-state index contributed by atoms with van der Waals surface area (Å²) in [5.74, 6) is -0.734. The van der Waals surface area contributed by atoms with Crippen molar-refractivity contribution >= 4 is 12.1 Å². The van der Waals surface area contributed by atoms with Crippen LogP contribution in [0.4, 0.5) is 0 Å². The van der Waals surface area contributed by atoms with Crippen LogP contribution in [0.1, 0.15) is 35.1 Å². The molecule has 6 heteroatoms. The number of aliphatic hydroxyl groups is 2. The molecule has 0 radical (unpaired) electrons. The van der Waals surface area contributed by atoms with Gasteiger partial charge in [0.05, 0.1) is 12.3 Å². The number of hydrogen-bond donors (Lipinski definition) is 2. The number of fused-ring (bicyclic) bond motifs is 1. The minimum Gasteiger partial charge on any atom is -0.507 e. The average molecular weight is 405 g/mol. The van der Waals surface area contributed by atoms with Gasteiger partial charge in [-0.2, -0.15) is 5.10 Å². The van der Waals surface area contributed by atoms with Gasteiger partial charge in [0.25, 0.3) is 5.91 Å². The highest BCUT2D eigenvalue weighted by molar-refractivity contribution is 5.96. The van der Waals surface area contributed by atoms with Crippen LogP contribution in [0.3, 0.4) is 0 Å². The summed E-state index contributed by atoms with van der Waals surface area (Å²) < 4.78 is 0. The summed E-state index contributed by atoms with van der Waals surface area (Å²) >= 11 is 0. The Kier molecular flexibility index (Phi) is 5.35. The van der Waals surface area contributed by atoms with Crippen LogP contribution >= 0.6 is 0 Å². The number of piperazine rings is 1. The molecule has 0 spiro atoms. The first-order chi connectivity index (χ1) is 14.4. The zero-order chi connectivity index (χ0) is 21.4. The molecule has 1 amide bonds. The van der Waals surface area contributed by atoms with Gasteiger partial charge < -0.3 is 15.1 Å². The van der Waals surface area contributed by atoms with Crippen LogP contribution in [0.25, 0.3) is 0 Å². The van der Waals surface area contributed by atoms with E-state index in [4.69, 9.17) is 0 Å². The van der Waals surface area contributed by atoms with Gasteiger partial charge in [0.2, 0.25) is 0 Å². The third-order valence-electron chi connectivity index (χ3n) is 5.86. The fraction of sp³-hybridized carbons (Fsp3) is 0.333. The highest BCUT2D eigenvalue weighted by atomic mass is 16.3. The fourth-order valence-electron chi connectivity index (χ4n) is 4.40. The smallest absolute Gasteiger partial charge is 0.275 e. The number of benzene rings is 2. The van der Waals surface area contributed by atoms with Gasteiger partial charge in [-0.3, -0.25) is 9.80 Å². The second-order valence-electron chi connectivity index (χ2n) is 8.00. The lowest BCUT2D eigenvalue weighted by Crippen LogP contribution is -2.56. The van der Waals surface area contributed by atoms with E-state index in [1.807, 2.05) is 19.1 Å². The van der Waals surface area contributed by atoms with Crippen molar-refractivity contribution in [2.75, 3.05) is 13.1 Å². The average Bonchev–Trinajstić information content (AvgIpc) is 2.72. The largest absolute Gasteiger partial charge is 0.507 e. The Labute approximate surface area is 176 Å². The number of likely N-dealkylation sites (N-methyl/N-ethyl adjacent to an activating group) is 1. The minimum absolute atomic E-state index is 0.0633. The Morgan fingerprint density at radius 1 is 1.10 bits per heavy atom. The highest BCUT2D eigenvalue weighted by Gasteiger charge is 2.44. The van der Waals surface area contributed by atoms with Crippen molar-refractivity contribution in [2.24, 2.45) is 5.10 Å². The van der Waals surface area contributed by atoms with E-state index in [2.05, 4.69) is 55.3 Å². The van der Waals surface area contributed by atoms with Gasteiger partial charge in [-0.25, -0.2) is 0 Å². The summed E-state index contributed by atoms with van der Waals surface area (Å²) in [6.07, 6.45) is 0.0126. The summed E-state index contributed by atoms with van der Waals surface area (Å²) in [7, 11) is 0. The molecule has 1 unspecified atom stereocenters. The Bertz CT molecular complexity index is 984. The van der Waals surface area contributed by atoms with Crippen molar-refractivity contribution in [1.29, 1.82) is 0 Å². The molecule has 2 aliphatic rings. The molecule has 156 valence electrons. The summed E-state index contributed by atoms with van der Waals surface area (Å²) in [4.78, 5) is 14.7. The topological polar surface area (TPSA) is 76.4 Å². The molecule has 2 N–H and O–H groups in total. The van der Waals surface area contributed by atoms with Gasteiger partial charge >= 0.3 is 0 Å². The van der Waals surface area contributed by atoms with Crippen LogP contribution < -0.4 is 0 Å². The quantitative estimate of drug-likeness (QED) is 0.820. The van der Waals surface area contributed by atoms with E-state index in [9.17, 15) is 15.0 Å². The Morgan fingerprint density at radius 2 is 1.70 bits per heavy atom. The molecule has 1 fully saturated rings. The van der Waals surface area contributed by atoms with Gasteiger partial charge in [0, 0.05) is 19.0 Å². The Balaban J connectivity index is 1.89. The summed E-state index contributed by atoms with van der Waals surface area (Å²) in [6.45, 7) is 7.01. The summed E-state index contributed by atoms with van der Waals surface area (Å²) in [5, 5.41) is 26.6. The maximum atomic E-state index is 13.0. The summed E-state index contributed by atoms with van der Waals surface area (Å²) in [5.41, 5.74) is 4.61. The molecular formula is C24H27N3O3. The van der Waals surface area contributed by atoms with Crippen molar-refractivity contribution in [3.63, 3.8) is 0 Å². The van der Waals surface area contributed by atoms with E-state index in [-0.39, 0.29) is 29.3 Å². The molecule has 0 aromatic heterocycles. The molecular weight excluding hydrogens is 378 g/mol. The molecule has 0 saturated carbocycles. The lowest BCUT2D eigenvalue weighted by Gasteiger charge is -2.45. The monoisotopic (exact) mass is 405 g/mol. The van der Waals surface area contributed by atoms with E-state index in [1.54, 1.807) is 9.91 Å². The number of carbonyl (C=O) groups is 1. The first-order valence-corrected chi connectivity index (χ1v) is 10.3. The predicted molar refractivity (Wildman–Crippen MR) is 116 cm³/mol. The Morgan fingerprint density at radius 3 is 2.23 bits per heavy atom. The number of amides is 1. The zero-order valence-electron chi connectivity index (χ0n) is 17.5. The van der Waals surface area contributed by atoms with Crippen LogP contribution in [-0.2, 0) is 4.79 Å². The van der Waals surface area contributed by atoms with Gasteiger partial charge in [0.1, 0.15) is 6.10 Å². The SMILES string of the molecule is CCN1C[C@@H](C(c2cccc(C)c2)c2cccc(C)c2)N2N=CC(O)C(O)=C2C1=O. The number of hydrogen-bond acceptors (Lipinski definition) is 5. The lowest BCUT2D eigenvalue weighted by molar-refractivity contribution is -0.134. The van der Waals surface area contributed by atoms with E-state index in [0.717, 1.165) is 22.3 Å². The molecule has 0 aliphatic carbocycles. The third kappa shape index (κ3) is 3.48. The second kappa shape index (κ2) is 7.95. The minimum atomic E-state index is -1.27. The van der Waals surface area contributed by atoms with Crippen molar-refractivity contribution in [2.45, 2.75) is 38.8 Å². The van der Waals surface area contributed by atoms with E-state index in [1.165, 1.54) is 6.21 Å². The third-order valence-corrected chi connectivity index (χ3v) is 5.86. The first kappa shape index (κ1) is 20.2. The van der Waals surface area contributed by atoms with E-state index >= 15 is 0 Å². The van der Waals surface area contributed by atoms with Crippen LogP contribution in [0.2, 0.25) is 0 Å². The molecule has 2 aromatic carbocycles. The maximum absolute atomic E-state index is 13.0. The number of hydrazone groups is 1. The van der Waals surface area contributed by atoms with Gasteiger partial charge in [-0.1, -0.05) is 59.7 Å². The first-order valence-electron chi connectivity index (χ1n) is 10.3. The summed E-state index contributed by atoms with van der Waals surface area (Å²) in [6, 6.07) is 16.5. The van der Waals surface area contributed by atoms with Crippen LogP contribution in [0.15, 0.2) is 65.1 Å². The zero-order valence-corrected chi connectivity index (χ0v) is 17.5. The molecule has 2 heterocycles. The standard InChI is InChI=1S/C24H27N3O3/c1-4-26-14-19(27-22(24(26)30)23(29)20(28)13-25-27)21(17-9-5-7-15(2)11-17)18-10-6-8-16(3)12-18/h5-13,19-21,28-29H,4,14H2,1-3H3/t19-,20?/m0/s1. The van der Waals surface area contributed by atoms with E-state index < -0.39 is 6.10 Å². The van der Waals surface area contributed by atoms with Crippen LogP contribution in [0, 0.1) is 13.8 Å². The maximum Gasteiger partial charge on any atom is 0.275 e. The van der Waals surface area contributed by atoms with Crippen molar-refractivity contribution in [3.05, 3.63) is 82.2 Å². The highest BCUT2D eigenvalue weighted by Crippen LogP contribution is 2.38. The molecule has 0 bridgehead atoms. The molecule has 1 saturated heterocycles. The number of aliphatic hydroxyl groups excluding tert-OH is 2. The molecule has 4 rings (SSSR count).